The molecule has 5 N–H and O–H groups in total. The van der Waals surface area contributed by atoms with Crippen molar-refractivity contribution in [2.75, 3.05) is 29.4 Å². The molecular weight excluding hydrogens is 440 g/mol. The van der Waals surface area contributed by atoms with E-state index in [1.807, 2.05) is 0 Å². The summed E-state index contributed by atoms with van der Waals surface area (Å²) in [5, 5.41) is 35.2. The van der Waals surface area contributed by atoms with Crippen LogP contribution in [0.1, 0.15) is 5.56 Å². The summed E-state index contributed by atoms with van der Waals surface area (Å²) < 4.78 is 6.08. The number of carbonyl (C=O) groups is 1. The predicted molar refractivity (Wildman–Crippen MR) is 118 cm³/mol. The van der Waals surface area contributed by atoms with Crippen LogP contribution in [0.15, 0.2) is 52.7 Å². The SMILES string of the molecule is COc1ccc(/C=N/Nc2nnc(SCC(=O)Nc3ccccc3[N+](=O)[O-])n2N)cc1O. The summed E-state index contributed by atoms with van der Waals surface area (Å²) >= 11 is 0.989. The molecule has 0 unspecified atom stereocenters. The van der Waals surface area contributed by atoms with Gasteiger partial charge >= 0.3 is 0 Å². The van der Waals surface area contributed by atoms with E-state index in [0.29, 0.717) is 11.3 Å². The van der Waals surface area contributed by atoms with Gasteiger partial charge in [-0.05, 0) is 29.8 Å². The number of para-hydroxylation sites is 2. The maximum absolute atomic E-state index is 12.2. The molecule has 1 aromatic heterocycles. The molecule has 0 aliphatic heterocycles. The van der Waals surface area contributed by atoms with Crippen LogP contribution in [-0.4, -0.2) is 49.9 Å². The molecule has 1 amide bonds. The van der Waals surface area contributed by atoms with Crippen molar-refractivity contribution in [3.63, 3.8) is 0 Å². The zero-order valence-electron chi connectivity index (χ0n) is 16.6. The number of thioether (sulfide) groups is 1. The van der Waals surface area contributed by atoms with Gasteiger partial charge in [-0.3, -0.25) is 14.9 Å². The number of anilines is 2. The number of aromatic hydroxyl groups is 1. The first kappa shape index (κ1) is 22.4. The van der Waals surface area contributed by atoms with Crippen LogP contribution in [0.5, 0.6) is 11.5 Å². The number of hydrogen-bond acceptors (Lipinski definition) is 11. The Morgan fingerprint density at radius 3 is 2.88 bits per heavy atom. The Balaban J connectivity index is 1.56. The standard InChI is InChI=1S/C18H18N8O5S/c1-31-15-7-6-11(8-14(15)27)9-20-22-17-23-24-18(25(17)19)32-10-16(28)21-12-4-2-3-5-13(12)26(29)30/h2-9,27H,10,19H2,1H3,(H,21,28)(H,22,23)/b20-9+. The average molecular weight is 458 g/mol. The van der Waals surface area contributed by atoms with Gasteiger partial charge in [0.15, 0.2) is 11.5 Å². The van der Waals surface area contributed by atoms with E-state index in [2.05, 4.69) is 26.0 Å². The molecule has 3 rings (SSSR count). The van der Waals surface area contributed by atoms with E-state index in [-0.39, 0.29) is 34.0 Å². The number of benzene rings is 2. The van der Waals surface area contributed by atoms with Crippen LogP contribution in [0.4, 0.5) is 17.3 Å². The molecule has 0 atom stereocenters. The number of hydrazone groups is 1. The number of carbonyl (C=O) groups excluding carboxylic acids is 1. The highest BCUT2D eigenvalue weighted by atomic mass is 32.2. The van der Waals surface area contributed by atoms with Crippen LogP contribution in [0.2, 0.25) is 0 Å². The number of nitrogens with zero attached hydrogens (tertiary/aromatic N) is 5. The Labute approximate surface area is 185 Å². The quantitative estimate of drug-likeness (QED) is 0.121. The highest BCUT2D eigenvalue weighted by molar-refractivity contribution is 7.99. The Hall–Kier alpha value is -4.33. The number of phenols is 1. The fourth-order valence-corrected chi connectivity index (χ4v) is 3.11. The van der Waals surface area contributed by atoms with Crippen LogP contribution in [-0.2, 0) is 4.79 Å². The highest BCUT2D eigenvalue weighted by Gasteiger charge is 2.16. The molecule has 14 heteroatoms. The fraction of sp³-hybridized carbons (Fsp3) is 0.111. The summed E-state index contributed by atoms with van der Waals surface area (Å²) in [6.07, 6.45) is 1.43. The number of nitro benzene ring substituents is 1. The Morgan fingerprint density at radius 1 is 1.38 bits per heavy atom. The number of nitrogen functional groups attached to an aromatic ring is 1. The summed E-state index contributed by atoms with van der Waals surface area (Å²) in [4.78, 5) is 22.6. The first-order chi connectivity index (χ1) is 15.4. The number of ether oxygens (including phenoxy) is 1. The summed E-state index contributed by atoms with van der Waals surface area (Å²) in [7, 11) is 1.45. The molecule has 0 aliphatic carbocycles. The van der Waals surface area contributed by atoms with Gasteiger partial charge in [-0.25, -0.2) is 10.1 Å². The van der Waals surface area contributed by atoms with Gasteiger partial charge in [0.1, 0.15) is 5.69 Å². The van der Waals surface area contributed by atoms with Crippen molar-refractivity contribution in [1.29, 1.82) is 0 Å². The number of hydrogen-bond donors (Lipinski definition) is 4. The monoisotopic (exact) mass is 458 g/mol. The second kappa shape index (κ2) is 10.1. The zero-order chi connectivity index (χ0) is 23.1. The van der Waals surface area contributed by atoms with Crippen molar-refractivity contribution in [2.24, 2.45) is 5.10 Å². The number of methoxy groups -OCH3 is 1. The molecule has 0 radical (unpaired) electrons. The van der Waals surface area contributed by atoms with Crippen LogP contribution < -0.4 is 21.3 Å². The van der Waals surface area contributed by atoms with E-state index in [4.69, 9.17) is 10.6 Å². The first-order valence-electron chi connectivity index (χ1n) is 8.91. The topological polar surface area (TPSA) is 183 Å². The number of aromatic nitrogens is 3. The lowest BCUT2D eigenvalue weighted by Crippen LogP contribution is -2.17. The molecule has 32 heavy (non-hydrogen) atoms. The molecule has 0 aliphatic rings. The lowest BCUT2D eigenvalue weighted by Gasteiger charge is -2.06. The van der Waals surface area contributed by atoms with Crippen molar-refractivity contribution in [3.05, 3.63) is 58.1 Å². The maximum atomic E-state index is 12.2. The number of nitrogens with two attached hydrogens (primary N) is 1. The molecule has 0 spiro atoms. The molecule has 0 saturated heterocycles. The largest absolute Gasteiger partial charge is 0.504 e. The second-order valence-corrected chi connectivity index (χ2v) is 7.03. The Morgan fingerprint density at radius 2 is 2.16 bits per heavy atom. The summed E-state index contributed by atoms with van der Waals surface area (Å²) in [5.74, 6) is 5.75. The molecule has 2 aromatic carbocycles. The molecule has 13 nitrogen and oxygen atoms in total. The van der Waals surface area contributed by atoms with E-state index in [1.165, 1.54) is 37.6 Å². The van der Waals surface area contributed by atoms with E-state index in [0.717, 1.165) is 16.4 Å². The third-order valence-corrected chi connectivity index (χ3v) is 4.90. The smallest absolute Gasteiger partial charge is 0.292 e. The normalized spacial score (nSPS) is 10.8. The molecule has 0 fully saturated rings. The van der Waals surface area contributed by atoms with Crippen LogP contribution >= 0.6 is 11.8 Å². The van der Waals surface area contributed by atoms with E-state index < -0.39 is 10.8 Å². The lowest BCUT2D eigenvalue weighted by molar-refractivity contribution is -0.383. The van der Waals surface area contributed by atoms with E-state index in [9.17, 15) is 20.0 Å². The third kappa shape index (κ3) is 5.42. The van der Waals surface area contributed by atoms with Crippen molar-refractivity contribution >= 4 is 41.2 Å². The van der Waals surface area contributed by atoms with Gasteiger partial charge in [-0.1, -0.05) is 23.9 Å². The minimum atomic E-state index is -0.578. The minimum Gasteiger partial charge on any atom is -0.504 e. The van der Waals surface area contributed by atoms with Gasteiger partial charge in [0, 0.05) is 6.07 Å². The lowest BCUT2D eigenvalue weighted by atomic mass is 10.2. The zero-order valence-corrected chi connectivity index (χ0v) is 17.4. The van der Waals surface area contributed by atoms with Gasteiger partial charge < -0.3 is 21.0 Å². The van der Waals surface area contributed by atoms with Crippen molar-refractivity contribution in [2.45, 2.75) is 5.16 Å². The molecular formula is C18H18N8O5S. The molecule has 3 aromatic rings. The highest BCUT2D eigenvalue weighted by Crippen LogP contribution is 2.26. The third-order valence-electron chi connectivity index (χ3n) is 3.95. The van der Waals surface area contributed by atoms with Crippen molar-refractivity contribution < 1.29 is 19.6 Å². The van der Waals surface area contributed by atoms with Crippen molar-refractivity contribution in [3.8, 4) is 11.5 Å². The average Bonchev–Trinajstić information content (AvgIpc) is 3.12. The number of phenolic OH excluding ortho intramolecular Hbond substituents is 1. The van der Waals surface area contributed by atoms with Crippen molar-refractivity contribution in [1.82, 2.24) is 14.9 Å². The van der Waals surface area contributed by atoms with Crippen LogP contribution in [0, 0.1) is 10.1 Å². The predicted octanol–water partition coefficient (Wildman–Crippen LogP) is 1.79. The molecule has 166 valence electrons. The molecule has 0 bridgehead atoms. The van der Waals surface area contributed by atoms with E-state index >= 15 is 0 Å². The van der Waals surface area contributed by atoms with Crippen LogP contribution in [0.25, 0.3) is 0 Å². The maximum Gasteiger partial charge on any atom is 0.292 e. The summed E-state index contributed by atoms with van der Waals surface area (Å²) in [6.45, 7) is 0. The second-order valence-electron chi connectivity index (χ2n) is 6.09. The van der Waals surface area contributed by atoms with Gasteiger partial charge in [0.05, 0.1) is 24.0 Å². The van der Waals surface area contributed by atoms with Gasteiger partial charge in [-0.2, -0.15) is 5.10 Å². The van der Waals surface area contributed by atoms with Gasteiger partial charge in [-0.15, -0.1) is 10.2 Å². The summed E-state index contributed by atoms with van der Waals surface area (Å²) in [6, 6.07) is 10.6. The minimum absolute atomic E-state index is 0.0313. The molecule has 1 heterocycles. The van der Waals surface area contributed by atoms with Crippen LogP contribution in [0.3, 0.4) is 0 Å². The Kier molecular flexibility index (Phi) is 7.07. The number of rotatable bonds is 9. The first-order valence-corrected chi connectivity index (χ1v) is 9.90. The fourth-order valence-electron chi connectivity index (χ4n) is 2.46. The number of nitrogens with one attached hydrogen (secondary N) is 2. The van der Waals surface area contributed by atoms with E-state index in [1.54, 1.807) is 18.2 Å². The molecule has 0 saturated carbocycles. The summed E-state index contributed by atoms with van der Waals surface area (Å²) in [5.41, 5.74) is 3.10. The van der Waals surface area contributed by atoms with Gasteiger partial charge in [0.2, 0.25) is 11.1 Å². The van der Waals surface area contributed by atoms with Gasteiger partial charge in [0.25, 0.3) is 11.6 Å². The Bertz CT molecular complexity index is 1170. The number of amides is 1. The number of nitro groups is 1.